The first-order chi connectivity index (χ1) is 11.9. The van der Waals surface area contributed by atoms with Gasteiger partial charge >= 0.3 is 0 Å². The van der Waals surface area contributed by atoms with Gasteiger partial charge in [0.15, 0.2) is 0 Å². The summed E-state index contributed by atoms with van der Waals surface area (Å²) in [6, 6.07) is 4.76. The quantitative estimate of drug-likeness (QED) is 0.908. The lowest BCUT2D eigenvalue weighted by Crippen LogP contribution is -2.45. The molecular formula is C19H28FN3O2. The molecule has 0 saturated carbocycles. The zero-order valence-electron chi connectivity index (χ0n) is 15.3. The van der Waals surface area contributed by atoms with Crippen LogP contribution in [0.4, 0.5) is 15.8 Å². The Kier molecular flexibility index (Phi) is 5.47. The molecular weight excluding hydrogens is 321 g/mol. The molecule has 1 aromatic carbocycles. The van der Waals surface area contributed by atoms with E-state index in [4.69, 9.17) is 4.74 Å². The minimum Gasteiger partial charge on any atom is -0.374 e. The SMILES string of the molecule is C[C@@H]1CN(c2ccc(N[C@@H](C)C(=O)N3CCCC3)cc2F)C[C@H](C)O1. The summed E-state index contributed by atoms with van der Waals surface area (Å²) in [4.78, 5) is 16.3. The van der Waals surface area contributed by atoms with Gasteiger partial charge in [-0.25, -0.2) is 4.39 Å². The molecule has 2 aliphatic rings. The fourth-order valence-corrected chi connectivity index (χ4v) is 3.75. The molecule has 5 nitrogen and oxygen atoms in total. The van der Waals surface area contributed by atoms with Gasteiger partial charge in [0.05, 0.1) is 17.9 Å². The van der Waals surface area contributed by atoms with Crippen LogP contribution in [-0.4, -0.2) is 55.2 Å². The molecule has 2 fully saturated rings. The number of morpholine rings is 1. The van der Waals surface area contributed by atoms with Gasteiger partial charge in [-0.15, -0.1) is 0 Å². The maximum absolute atomic E-state index is 14.6. The van der Waals surface area contributed by atoms with Crippen LogP contribution in [0.1, 0.15) is 33.6 Å². The fourth-order valence-electron chi connectivity index (χ4n) is 3.75. The van der Waals surface area contributed by atoms with E-state index in [1.165, 1.54) is 6.07 Å². The molecule has 138 valence electrons. The van der Waals surface area contributed by atoms with Crippen LogP contribution in [0.5, 0.6) is 0 Å². The topological polar surface area (TPSA) is 44.8 Å². The molecule has 3 atom stereocenters. The van der Waals surface area contributed by atoms with Gasteiger partial charge in [0.25, 0.3) is 0 Å². The predicted octanol–water partition coefficient (Wildman–Crippen LogP) is 2.86. The Morgan fingerprint density at radius 3 is 2.48 bits per heavy atom. The minimum absolute atomic E-state index is 0.0813. The Morgan fingerprint density at radius 2 is 1.88 bits per heavy atom. The Morgan fingerprint density at radius 1 is 1.24 bits per heavy atom. The number of rotatable bonds is 4. The Labute approximate surface area is 149 Å². The van der Waals surface area contributed by atoms with Crippen LogP contribution in [0.15, 0.2) is 18.2 Å². The van der Waals surface area contributed by atoms with Crippen LogP contribution in [0, 0.1) is 5.82 Å². The molecule has 0 unspecified atom stereocenters. The van der Waals surface area contributed by atoms with E-state index in [2.05, 4.69) is 5.32 Å². The van der Waals surface area contributed by atoms with Crippen molar-refractivity contribution in [2.75, 3.05) is 36.4 Å². The highest BCUT2D eigenvalue weighted by atomic mass is 19.1. The summed E-state index contributed by atoms with van der Waals surface area (Å²) in [5.41, 5.74) is 1.22. The summed E-state index contributed by atoms with van der Waals surface area (Å²) >= 11 is 0. The average Bonchev–Trinajstić information content (AvgIpc) is 3.07. The normalized spacial score (nSPS) is 25.1. The highest BCUT2D eigenvalue weighted by molar-refractivity contribution is 5.84. The predicted molar refractivity (Wildman–Crippen MR) is 97.5 cm³/mol. The van der Waals surface area contributed by atoms with Crippen molar-refractivity contribution in [1.29, 1.82) is 0 Å². The van der Waals surface area contributed by atoms with Crippen molar-refractivity contribution in [2.45, 2.75) is 51.9 Å². The summed E-state index contributed by atoms with van der Waals surface area (Å²) in [7, 11) is 0. The second-order valence-corrected chi connectivity index (χ2v) is 7.23. The van der Waals surface area contributed by atoms with Gasteiger partial charge in [0, 0.05) is 31.9 Å². The zero-order chi connectivity index (χ0) is 18.0. The van der Waals surface area contributed by atoms with Gasteiger partial charge in [-0.1, -0.05) is 0 Å². The zero-order valence-corrected chi connectivity index (χ0v) is 15.3. The van der Waals surface area contributed by atoms with E-state index in [0.717, 1.165) is 25.9 Å². The second-order valence-electron chi connectivity index (χ2n) is 7.23. The Balaban J connectivity index is 1.66. The van der Waals surface area contributed by atoms with Crippen molar-refractivity contribution in [1.82, 2.24) is 4.90 Å². The number of carbonyl (C=O) groups is 1. The first-order valence-electron chi connectivity index (χ1n) is 9.19. The molecule has 0 aromatic heterocycles. The first-order valence-corrected chi connectivity index (χ1v) is 9.19. The van der Waals surface area contributed by atoms with E-state index < -0.39 is 0 Å². The summed E-state index contributed by atoms with van der Waals surface area (Å²) in [6.45, 7) is 8.84. The molecule has 0 radical (unpaired) electrons. The molecule has 0 aliphatic carbocycles. The Bertz CT molecular complexity index is 609. The monoisotopic (exact) mass is 349 g/mol. The third-order valence-corrected chi connectivity index (χ3v) is 4.88. The molecule has 2 aliphatic heterocycles. The van der Waals surface area contributed by atoms with Gasteiger partial charge in [0.2, 0.25) is 5.91 Å². The van der Waals surface area contributed by atoms with Crippen molar-refractivity contribution < 1.29 is 13.9 Å². The number of hydrogen-bond donors (Lipinski definition) is 1. The van der Waals surface area contributed by atoms with Crippen molar-refractivity contribution in [3.05, 3.63) is 24.0 Å². The number of hydrogen-bond acceptors (Lipinski definition) is 4. The highest BCUT2D eigenvalue weighted by Crippen LogP contribution is 2.26. The van der Waals surface area contributed by atoms with E-state index in [-0.39, 0.29) is 30.0 Å². The number of halogens is 1. The smallest absolute Gasteiger partial charge is 0.244 e. The van der Waals surface area contributed by atoms with Crippen LogP contribution in [-0.2, 0) is 9.53 Å². The highest BCUT2D eigenvalue weighted by Gasteiger charge is 2.25. The third kappa shape index (κ3) is 4.24. The second kappa shape index (κ2) is 7.60. The number of anilines is 2. The van der Waals surface area contributed by atoms with Crippen LogP contribution in [0.2, 0.25) is 0 Å². The van der Waals surface area contributed by atoms with Gasteiger partial charge in [-0.05, 0) is 51.8 Å². The summed E-state index contributed by atoms with van der Waals surface area (Å²) < 4.78 is 20.3. The number of nitrogens with zero attached hydrogens (tertiary/aromatic N) is 2. The summed E-state index contributed by atoms with van der Waals surface area (Å²) in [5, 5.41) is 3.13. The molecule has 0 spiro atoms. The maximum atomic E-state index is 14.6. The minimum atomic E-state index is -0.355. The number of carbonyl (C=O) groups excluding carboxylic acids is 1. The Hall–Kier alpha value is -1.82. The van der Waals surface area contributed by atoms with Gasteiger partial charge < -0.3 is 19.9 Å². The van der Waals surface area contributed by atoms with Crippen molar-refractivity contribution in [2.24, 2.45) is 0 Å². The van der Waals surface area contributed by atoms with E-state index in [1.807, 2.05) is 36.6 Å². The summed E-state index contributed by atoms with van der Waals surface area (Å²) in [5.74, 6) is -0.190. The van der Waals surface area contributed by atoms with Gasteiger partial charge in [-0.2, -0.15) is 0 Å². The van der Waals surface area contributed by atoms with Gasteiger partial charge in [-0.3, -0.25) is 4.79 Å². The molecule has 6 heteroatoms. The molecule has 3 rings (SSSR count). The molecule has 2 saturated heterocycles. The number of amides is 1. The van der Waals surface area contributed by atoms with Crippen LogP contribution >= 0.6 is 0 Å². The maximum Gasteiger partial charge on any atom is 0.244 e. The molecule has 1 amide bonds. The van der Waals surface area contributed by atoms with Gasteiger partial charge in [0.1, 0.15) is 11.9 Å². The van der Waals surface area contributed by atoms with Crippen LogP contribution in [0.3, 0.4) is 0 Å². The van der Waals surface area contributed by atoms with E-state index in [1.54, 1.807) is 6.07 Å². The van der Waals surface area contributed by atoms with Crippen LogP contribution < -0.4 is 10.2 Å². The molecule has 25 heavy (non-hydrogen) atoms. The number of likely N-dealkylation sites (tertiary alicyclic amines) is 1. The molecule has 1 N–H and O–H groups in total. The number of benzene rings is 1. The molecule has 0 bridgehead atoms. The third-order valence-electron chi connectivity index (χ3n) is 4.88. The summed E-state index contributed by atoms with van der Waals surface area (Å²) in [6.07, 6.45) is 2.30. The van der Waals surface area contributed by atoms with E-state index in [0.29, 0.717) is 24.5 Å². The van der Waals surface area contributed by atoms with Crippen molar-refractivity contribution >= 4 is 17.3 Å². The fraction of sp³-hybridized carbons (Fsp3) is 0.632. The van der Waals surface area contributed by atoms with Crippen molar-refractivity contribution in [3.8, 4) is 0 Å². The molecule has 1 aromatic rings. The lowest BCUT2D eigenvalue weighted by atomic mass is 10.1. The number of ether oxygens (including phenoxy) is 1. The lowest BCUT2D eigenvalue weighted by Gasteiger charge is -2.37. The molecule has 2 heterocycles. The van der Waals surface area contributed by atoms with Crippen molar-refractivity contribution in [3.63, 3.8) is 0 Å². The standard InChI is InChI=1S/C19H28FN3O2/c1-13-11-23(12-14(2)25-13)18-7-6-16(10-17(18)20)21-15(3)19(24)22-8-4-5-9-22/h6-7,10,13-15,21H,4-5,8-9,11-12H2,1-3H3/t13-,14+,15-/m0/s1. The lowest BCUT2D eigenvalue weighted by molar-refractivity contribution is -0.130. The van der Waals surface area contributed by atoms with Crippen LogP contribution in [0.25, 0.3) is 0 Å². The average molecular weight is 349 g/mol. The first kappa shape index (κ1) is 18.0. The van der Waals surface area contributed by atoms with E-state index >= 15 is 0 Å². The number of nitrogens with one attached hydrogen (secondary N) is 1. The van der Waals surface area contributed by atoms with E-state index in [9.17, 15) is 9.18 Å². The largest absolute Gasteiger partial charge is 0.374 e.